The third kappa shape index (κ3) is 2.05. The van der Waals surface area contributed by atoms with Gasteiger partial charge in [-0.1, -0.05) is 5.16 Å². The SMILES string of the molecule is Cc1noc(C)c1CN1CCc2cc(C(=O)O)ccc21. The highest BCUT2D eigenvalue weighted by Gasteiger charge is 2.22. The van der Waals surface area contributed by atoms with Crippen molar-refractivity contribution in [3.8, 4) is 0 Å². The summed E-state index contributed by atoms with van der Waals surface area (Å²) in [5, 5.41) is 13.0. The molecule has 0 amide bonds. The molecule has 1 aromatic carbocycles. The first-order valence-electron chi connectivity index (χ1n) is 6.59. The lowest BCUT2D eigenvalue weighted by Crippen LogP contribution is -2.20. The van der Waals surface area contributed by atoms with Crippen LogP contribution in [0.3, 0.4) is 0 Å². The highest BCUT2D eigenvalue weighted by molar-refractivity contribution is 5.88. The molecule has 3 rings (SSSR count). The number of aromatic nitrogens is 1. The molecule has 1 aliphatic heterocycles. The first-order chi connectivity index (χ1) is 9.56. The molecule has 0 saturated heterocycles. The van der Waals surface area contributed by atoms with Crippen molar-refractivity contribution in [2.45, 2.75) is 26.8 Å². The van der Waals surface area contributed by atoms with Crippen LogP contribution < -0.4 is 4.90 Å². The molecule has 1 aliphatic rings. The molecule has 0 spiro atoms. The van der Waals surface area contributed by atoms with Crippen LogP contribution in [-0.2, 0) is 13.0 Å². The summed E-state index contributed by atoms with van der Waals surface area (Å²) in [5.74, 6) is -0.0323. The quantitative estimate of drug-likeness (QED) is 0.930. The molecule has 0 bridgehead atoms. The van der Waals surface area contributed by atoms with E-state index in [-0.39, 0.29) is 0 Å². The number of rotatable bonds is 3. The van der Waals surface area contributed by atoms with Crippen molar-refractivity contribution >= 4 is 11.7 Å². The summed E-state index contributed by atoms with van der Waals surface area (Å²) in [6, 6.07) is 5.32. The fourth-order valence-electron chi connectivity index (χ4n) is 2.69. The molecule has 2 aromatic rings. The fraction of sp³-hybridized carbons (Fsp3) is 0.333. The molecule has 104 valence electrons. The Kier molecular flexibility index (Phi) is 2.97. The summed E-state index contributed by atoms with van der Waals surface area (Å²) in [7, 11) is 0. The second-order valence-corrected chi connectivity index (χ2v) is 5.12. The maximum absolute atomic E-state index is 11.0. The van der Waals surface area contributed by atoms with Crippen LogP contribution in [0.5, 0.6) is 0 Å². The number of carboxylic acid groups (broad SMARTS) is 1. The van der Waals surface area contributed by atoms with E-state index in [1.54, 1.807) is 12.1 Å². The van der Waals surface area contributed by atoms with Crippen LogP contribution in [0.1, 0.15) is 32.9 Å². The van der Waals surface area contributed by atoms with E-state index < -0.39 is 5.97 Å². The molecular formula is C15H16N2O3. The number of anilines is 1. The van der Waals surface area contributed by atoms with E-state index in [0.717, 1.165) is 47.8 Å². The van der Waals surface area contributed by atoms with Crippen LogP contribution in [0.4, 0.5) is 5.69 Å². The van der Waals surface area contributed by atoms with Gasteiger partial charge in [0.15, 0.2) is 0 Å². The van der Waals surface area contributed by atoms with Crippen LogP contribution >= 0.6 is 0 Å². The molecule has 0 saturated carbocycles. The van der Waals surface area contributed by atoms with E-state index in [2.05, 4.69) is 10.1 Å². The number of carbonyl (C=O) groups is 1. The van der Waals surface area contributed by atoms with Crippen LogP contribution in [-0.4, -0.2) is 22.8 Å². The first-order valence-corrected chi connectivity index (χ1v) is 6.59. The number of carboxylic acids is 1. The summed E-state index contributed by atoms with van der Waals surface area (Å²) in [6.07, 6.45) is 0.875. The predicted octanol–water partition coefficient (Wildman–Crippen LogP) is 2.55. The molecule has 5 nitrogen and oxygen atoms in total. The summed E-state index contributed by atoms with van der Waals surface area (Å²) >= 11 is 0. The Bertz CT molecular complexity index is 656. The topological polar surface area (TPSA) is 66.6 Å². The Hall–Kier alpha value is -2.30. The predicted molar refractivity (Wildman–Crippen MR) is 74.1 cm³/mol. The van der Waals surface area contributed by atoms with E-state index in [1.807, 2.05) is 19.9 Å². The lowest BCUT2D eigenvalue weighted by atomic mass is 10.1. The van der Waals surface area contributed by atoms with Gasteiger partial charge in [-0.25, -0.2) is 4.79 Å². The summed E-state index contributed by atoms with van der Waals surface area (Å²) in [5.41, 5.74) is 4.58. The Balaban J connectivity index is 1.88. The molecule has 2 heterocycles. The Morgan fingerprint density at radius 1 is 1.45 bits per heavy atom. The Labute approximate surface area is 116 Å². The van der Waals surface area contributed by atoms with Gasteiger partial charge in [-0.3, -0.25) is 0 Å². The molecule has 1 N–H and O–H groups in total. The second-order valence-electron chi connectivity index (χ2n) is 5.12. The van der Waals surface area contributed by atoms with Gasteiger partial charge in [-0.15, -0.1) is 0 Å². The zero-order valence-electron chi connectivity index (χ0n) is 11.5. The maximum Gasteiger partial charge on any atom is 0.335 e. The molecule has 0 unspecified atom stereocenters. The smallest absolute Gasteiger partial charge is 0.335 e. The zero-order valence-corrected chi connectivity index (χ0v) is 11.5. The lowest BCUT2D eigenvalue weighted by Gasteiger charge is -2.19. The zero-order chi connectivity index (χ0) is 14.3. The van der Waals surface area contributed by atoms with Crippen molar-refractivity contribution in [2.75, 3.05) is 11.4 Å². The maximum atomic E-state index is 11.0. The van der Waals surface area contributed by atoms with Crippen molar-refractivity contribution in [3.63, 3.8) is 0 Å². The van der Waals surface area contributed by atoms with Crippen molar-refractivity contribution < 1.29 is 14.4 Å². The number of aromatic carboxylic acids is 1. The van der Waals surface area contributed by atoms with Crippen LogP contribution in [0.25, 0.3) is 0 Å². The lowest BCUT2D eigenvalue weighted by molar-refractivity contribution is 0.0697. The molecule has 1 aromatic heterocycles. The van der Waals surface area contributed by atoms with Gasteiger partial charge in [0.05, 0.1) is 11.3 Å². The molecular weight excluding hydrogens is 256 g/mol. The summed E-state index contributed by atoms with van der Waals surface area (Å²) in [6.45, 7) is 5.50. The molecule has 20 heavy (non-hydrogen) atoms. The standard InChI is InChI=1S/C15H16N2O3/c1-9-13(10(2)20-16-9)8-17-6-5-11-7-12(15(18)19)3-4-14(11)17/h3-4,7H,5-6,8H2,1-2H3,(H,18,19). The molecule has 0 radical (unpaired) electrons. The largest absolute Gasteiger partial charge is 0.478 e. The van der Waals surface area contributed by atoms with E-state index in [4.69, 9.17) is 9.63 Å². The molecule has 0 atom stereocenters. The monoisotopic (exact) mass is 272 g/mol. The number of nitrogens with zero attached hydrogens (tertiary/aromatic N) is 2. The van der Waals surface area contributed by atoms with Crippen LogP contribution in [0.2, 0.25) is 0 Å². The number of hydrogen-bond donors (Lipinski definition) is 1. The van der Waals surface area contributed by atoms with Crippen molar-refractivity contribution in [1.29, 1.82) is 0 Å². The van der Waals surface area contributed by atoms with Crippen molar-refractivity contribution in [1.82, 2.24) is 5.16 Å². The van der Waals surface area contributed by atoms with Gasteiger partial charge >= 0.3 is 5.97 Å². The minimum atomic E-state index is -0.878. The Morgan fingerprint density at radius 2 is 2.25 bits per heavy atom. The van der Waals surface area contributed by atoms with Gasteiger partial charge in [0.2, 0.25) is 0 Å². The van der Waals surface area contributed by atoms with Crippen LogP contribution in [0.15, 0.2) is 22.7 Å². The minimum absolute atomic E-state index is 0.350. The highest BCUT2D eigenvalue weighted by atomic mass is 16.5. The number of benzene rings is 1. The highest BCUT2D eigenvalue weighted by Crippen LogP contribution is 2.31. The first kappa shape index (κ1) is 12.7. The number of hydrogen-bond acceptors (Lipinski definition) is 4. The normalized spacial score (nSPS) is 13.6. The van der Waals surface area contributed by atoms with Gasteiger partial charge in [0.25, 0.3) is 0 Å². The van der Waals surface area contributed by atoms with Gasteiger partial charge < -0.3 is 14.5 Å². The van der Waals surface area contributed by atoms with Crippen molar-refractivity contribution in [2.24, 2.45) is 0 Å². The van der Waals surface area contributed by atoms with E-state index in [1.165, 1.54) is 0 Å². The van der Waals surface area contributed by atoms with Gasteiger partial charge in [0.1, 0.15) is 5.76 Å². The van der Waals surface area contributed by atoms with Gasteiger partial charge in [0, 0.05) is 24.3 Å². The number of aryl methyl sites for hydroxylation is 2. The second kappa shape index (κ2) is 4.67. The number of fused-ring (bicyclic) bond motifs is 1. The third-order valence-corrected chi connectivity index (χ3v) is 3.85. The molecule has 0 fully saturated rings. The fourth-order valence-corrected chi connectivity index (χ4v) is 2.69. The van der Waals surface area contributed by atoms with Crippen molar-refractivity contribution in [3.05, 3.63) is 46.3 Å². The average molecular weight is 272 g/mol. The average Bonchev–Trinajstić information content (AvgIpc) is 2.97. The summed E-state index contributed by atoms with van der Waals surface area (Å²) in [4.78, 5) is 13.2. The minimum Gasteiger partial charge on any atom is -0.478 e. The Morgan fingerprint density at radius 3 is 2.90 bits per heavy atom. The molecule has 5 heteroatoms. The van der Waals surface area contributed by atoms with Crippen LogP contribution in [0, 0.1) is 13.8 Å². The molecule has 0 aliphatic carbocycles. The van der Waals surface area contributed by atoms with E-state index in [9.17, 15) is 4.79 Å². The van der Waals surface area contributed by atoms with Gasteiger partial charge in [-0.2, -0.15) is 0 Å². The van der Waals surface area contributed by atoms with E-state index in [0.29, 0.717) is 5.56 Å². The third-order valence-electron chi connectivity index (χ3n) is 3.85. The summed E-state index contributed by atoms with van der Waals surface area (Å²) < 4.78 is 5.19. The van der Waals surface area contributed by atoms with E-state index >= 15 is 0 Å². The van der Waals surface area contributed by atoms with Gasteiger partial charge in [-0.05, 0) is 44.0 Å².